The van der Waals surface area contributed by atoms with Crippen LogP contribution >= 0.6 is 0 Å². The van der Waals surface area contributed by atoms with E-state index in [0.29, 0.717) is 19.7 Å². The summed E-state index contributed by atoms with van der Waals surface area (Å²) >= 11 is 0. The minimum atomic E-state index is -0.318. The molecule has 1 amide bonds. The highest BCUT2D eigenvalue weighted by molar-refractivity contribution is 5.92. The number of hydrogen-bond acceptors (Lipinski definition) is 7. The van der Waals surface area contributed by atoms with Gasteiger partial charge in [-0.1, -0.05) is 0 Å². The van der Waals surface area contributed by atoms with Crippen molar-refractivity contribution in [1.29, 1.82) is 0 Å². The Morgan fingerprint density at radius 2 is 1.96 bits per heavy atom. The van der Waals surface area contributed by atoms with E-state index in [1.165, 1.54) is 12.5 Å². The first-order valence-corrected chi connectivity index (χ1v) is 9.08. The molecule has 0 atom stereocenters. The number of aromatic nitrogens is 4. The lowest BCUT2D eigenvalue weighted by Crippen LogP contribution is -2.58. The van der Waals surface area contributed by atoms with Crippen LogP contribution in [0.25, 0.3) is 0 Å². The molecule has 142 valence electrons. The number of amides is 1. The van der Waals surface area contributed by atoms with Crippen LogP contribution in [0.2, 0.25) is 0 Å². The number of nitrogens with zero attached hydrogens (tertiary/aromatic N) is 5. The van der Waals surface area contributed by atoms with Gasteiger partial charge < -0.3 is 14.6 Å². The molecule has 2 aliphatic heterocycles. The lowest BCUT2D eigenvalue weighted by molar-refractivity contribution is -0.128. The van der Waals surface area contributed by atoms with Crippen LogP contribution in [0.3, 0.4) is 0 Å². The summed E-state index contributed by atoms with van der Waals surface area (Å²) in [6.45, 7) is 4.21. The molecule has 0 bridgehead atoms. The zero-order valence-electron chi connectivity index (χ0n) is 15.0. The Morgan fingerprint density at radius 3 is 2.67 bits per heavy atom. The summed E-state index contributed by atoms with van der Waals surface area (Å²) in [5.74, 6) is -0.169. The highest BCUT2D eigenvalue weighted by Gasteiger charge is 2.41. The van der Waals surface area contributed by atoms with Crippen molar-refractivity contribution in [3.63, 3.8) is 0 Å². The first-order chi connectivity index (χ1) is 13.1. The molecule has 2 saturated heterocycles. The first kappa shape index (κ1) is 17.7. The molecule has 0 radical (unpaired) electrons. The lowest BCUT2D eigenvalue weighted by atomic mass is 9.89. The number of piperidine rings is 1. The summed E-state index contributed by atoms with van der Waals surface area (Å²) in [5, 5.41) is 0. The minimum Gasteiger partial charge on any atom is -0.371 e. The Balaban J connectivity index is 1.37. The van der Waals surface area contributed by atoms with E-state index in [9.17, 15) is 9.59 Å². The third-order valence-corrected chi connectivity index (χ3v) is 5.21. The molecule has 9 nitrogen and oxygen atoms in total. The van der Waals surface area contributed by atoms with Gasteiger partial charge in [0.2, 0.25) is 0 Å². The average molecular weight is 370 g/mol. The van der Waals surface area contributed by atoms with Crippen LogP contribution in [0.15, 0.2) is 35.9 Å². The molecule has 2 aromatic heterocycles. The molecule has 4 rings (SSSR count). The van der Waals surface area contributed by atoms with E-state index in [1.54, 1.807) is 4.90 Å². The molecule has 2 aromatic rings. The normalized spacial score (nSPS) is 19.9. The number of H-pyrrole nitrogens is 1. The topological polar surface area (TPSA) is 104 Å². The number of morpholine rings is 1. The van der Waals surface area contributed by atoms with Gasteiger partial charge in [0.15, 0.2) is 0 Å². The zero-order valence-corrected chi connectivity index (χ0v) is 15.0. The number of likely N-dealkylation sites (tertiary alicyclic amines) is 1. The van der Waals surface area contributed by atoms with Crippen LogP contribution in [0.4, 0.5) is 0 Å². The molecule has 0 unspecified atom stereocenters. The van der Waals surface area contributed by atoms with Crippen molar-refractivity contribution in [2.45, 2.75) is 25.0 Å². The molecule has 0 aliphatic carbocycles. The van der Waals surface area contributed by atoms with Crippen molar-refractivity contribution in [3.8, 4) is 0 Å². The van der Waals surface area contributed by atoms with Crippen LogP contribution in [-0.4, -0.2) is 74.0 Å². The van der Waals surface area contributed by atoms with Gasteiger partial charge in [0.05, 0.1) is 24.9 Å². The molecule has 0 saturated carbocycles. The van der Waals surface area contributed by atoms with Crippen LogP contribution in [-0.2, 0) is 11.3 Å². The van der Waals surface area contributed by atoms with Gasteiger partial charge in [-0.15, -0.1) is 0 Å². The quantitative estimate of drug-likeness (QED) is 0.815. The van der Waals surface area contributed by atoms with Crippen molar-refractivity contribution in [2.75, 3.05) is 32.8 Å². The Kier molecular flexibility index (Phi) is 4.95. The molecular weight excluding hydrogens is 348 g/mol. The molecular formula is C18H22N6O3. The molecule has 0 aromatic carbocycles. The molecule has 2 aliphatic rings. The van der Waals surface area contributed by atoms with E-state index in [0.717, 1.165) is 44.2 Å². The Hall–Kier alpha value is -2.65. The molecule has 1 N–H and O–H groups in total. The van der Waals surface area contributed by atoms with Crippen molar-refractivity contribution < 1.29 is 9.53 Å². The second kappa shape index (κ2) is 7.53. The van der Waals surface area contributed by atoms with Crippen molar-refractivity contribution >= 4 is 5.91 Å². The summed E-state index contributed by atoms with van der Waals surface area (Å²) in [4.78, 5) is 42.6. The smallest absolute Gasteiger partial charge is 0.274 e. The monoisotopic (exact) mass is 370 g/mol. The molecule has 27 heavy (non-hydrogen) atoms. The number of aromatic amines is 1. The molecule has 1 spiro atoms. The summed E-state index contributed by atoms with van der Waals surface area (Å²) in [6, 6.07) is 0. The van der Waals surface area contributed by atoms with E-state index in [4.69, 9.17) is 4.74 Å². The van der Waals surface area contributed by atoms with E-state index in [1.807, 2.05) is 12.4 Å². The van der Waals surface area contributed by atoms with Crippen LogP contribution in [0, 0.1) is 0 Å². The van der Waals surface area contributed by atoms with Crippen molar-refractivity contribution in [2.24, 2.45) is 0 Å². The van der Waals surface area contributed by atoms with E-state index >= 15 is 0 Å². The third-order valence-electron chi connectivity index (χ3n) is 5.21. The highest BCUT2D eigenvalue weighted by atomic mass is 16.5. The van der Waals surface area contributed by atoms with E-state index in [-0.39, 0.29) is 22.8 Å². The van der Waals surface area contributed by atoms with Gasteiger partial charge in [-0.25, -0.2) is 15.0 Å². The van der Waals surface area contributed by atoms with Gasteiger partial charge in [-0.05, 0) is 12.8 Å². The molecule has 4 heterocycles. The summed E-state index contributed by atoms with van der Waals surface area (Å²) in [5.41, 5.74) is 0.730. The van der Waals surface area contributed by atoms with Gasteiger partial charge in [0.25, 0.3) is 11.5 Å². The van der Waals surface area contributed by atoms with Gasteiger partial charge >= 0.3 is 0 Å². The Labute approximate surface area is 156 Å². The maximum atomic E-state index is 12.7. The first-order valence-electron chi connectivity index (χ1n) is 9.08. The second-order valence-electron chi connectivity index (χ2n) is 7.08. The zero-order chi connectivity index (χ0) is 18.7. The third kappa shape index (κ3) is 4.04. The number of ether oxygens (including phenoxy) is 1. The van der Waals surface area contributed by atoms with Gasteiger partial charge in [0, 0.05) is 50.3 Å². The fourth-order valence-corrected chi connectivity index (χ4v) is 3.73. The maximum absolute atomic E-state index is 12.7. The standard InChI is InChI=1S/C18H22N6O3/c25-16-10-21-15(9-22-16)17(26)24-5-6-27-18(12-24)1-3-23(4-2-18)11-14-7-19-13-20-8-14/h7-10,13H,1-6,11-12H2,(H,22,25). The maximum Gasteiger partial charge on any atom is 0.274 e. The fraction of sp³-hybridized carbons (Fsp3) is 0.500. The number of rotatable bonds is 3. The second-order valence-corrected chi connectivity index (χ2v) is 7.08. The van der Waals surface area contributed by atoms with Crippen molar-refractivity contribution in [1.82, 2.24) is 29.7 Å². The van der Waals surface area contributed by atoms with Crippen LogP contribution in [0.1, 0.15) is 28.9 Å². The average Bonchev–Trinajstić information content (AvgIpc) is 2.71. The Morgan fingerprint density at radius 1 is 1.19 bits per heavy atom. The SMILES string of the molecule is O=C(c1c[nH]c(=O)cn1)N1CCOC2(CCN(Cc3cncnc3)CC2)C1. The van der Waals surface area contributed by atoms with E-state index in [2.05, 4.69) is 24.8 Å². The minimum absolute atomic E-state index is 0.169. The van der Waals surface area contributed by atoms with E-state index < -0.39 is 0 Å². The summed E-state index contributed by atoms with van der Waals surface area (Å²) in [7, 11) is 0. The number of carbonyl (C=O) groups is 1. The van der Waals surface area contributed by atoms with Gasteiger partial charge in [0.1, 0.15) is 12.0 Å². The van der Waals surface area contributed by atoms with Crippen molar-refractivity contribution in [3.05, 3.63) is 52.7 Å². The summed E-state index contributed by atoms with van der Waals surface area (Å²) in [6.07, 6.45) is 9.45. The number of hydrogen-bond donors (Lipinski definition) is 1. The molecule has 9 heteroatoms. The predicted molar refractivity (Wildman–Crippen MR) is 96.0 cm³/mol. The van der Waals surface area contributed by atoms with Gasteiger partial charge in [-0.3, -0.25) is 14.5 Å². The molecule has 2 fully saturated rings. The van der Waals surface area contributed by atoms with Crippen LogP contribution < -0.4 is 5.56 Å². The van der Waals surface area contributed by atoms with Gasteiger partial charge in [-0.2, -0.15) is 0 Å². The predicted octanol–water partition coefficient (Wildman–Crippen LogP) is 0.0671. The lowest BCUT2D eigenvalue weighted by Gasteiger charge is -2.47. The fourth-order valence-electron chi connectivity index (χ4n) is 3.73. The summed E-state index contributed by atoms with van der Waals surface area (Å²) < 4.78 is 6.12. The number of carbonyl (C=O) groups excluding carboxylic acids is 1. The largest absolute Gasteiger partial charge is 0.371 e. The Bertz CT molecular complexity index is 827. The van der Waals surface area contributed by atoms with Crippen LogP contribution in [0.5, 0.6) is 0 Å². The number of nitrogens with one attached hydrogen (secondary N) is 1. The highest BCUT2D eigenvalue weighted by Crippen LogP contribution is 2.31.